The van der Waals surface area contributed by atoms with Gasteiger partial charge in [0.25, 0.3) is 0 Å². The lowest BCUT2D eigenvalue weighted by Crippen LogP contribution is -2.01. The Labute approximate surface area is 87.3 Å². The number of carboxylic acids is 1. The van der Waals surface area contributed by atoms with Crippen LogP contribution in [0.2, 0.25) is 0 Å². The van der Waals surface area contributed by atoms with Gasteiger partial charge in [-0.25, -0.2) is 4.79 Å². The maximum Gasteiger partial charge on any atom is 0.399 e. The van der Waals surface area contributed by atoms with Crippen LogP contribution >= 0.6 is 0 Å². The van der Waals surface area contributed by atoms with Crippen LogP contribution in [0.25, 0.3) is 11.1 Å². The number of ether oxygens (including phenoxy) is 1. The van der Waals surface area contributed by atoms with Gasteiger partial charge in [0, 0.05) is 0 Å². The molecule has 1 aromatic carbocycles. The fourth-order valence-electron chi connectivity index (χ4n) is 1.22. The van der Waals surface area contributed by atoms with Gasteiger partial charge in [0.05, 0.1) is 0 Å². The van der Waals surface area contributed by atoms with Crippen molar-refractivity contribution in [3.63, 3.8) is 0 Å². The van der Waals surface area contributed by atoms with Crippen LogP contribution in [0, 0.1) is 0 Å². The van der Waals surface area contributed by atoms with Gasteiger partial charge in [-0.05, 0) is 12.1 Å². The van der Waals surface area contributed by atoms with E-state index in [1.807, 2.05) is 0 Å². The molecule has 2 aromatic rings. The highest BCUT2D eigenvalue weighted by molar-refractivity contribution is 5.99. The standard InChI is InChI=1S/C9H5F2NO4/c10-8(11)16-9-12-5-3-1-2-4(7(13)14)6(5)15-9/h1-3,8H,(H,13,14). The second-order valence-corrected chi connectivity index (χ2v) is 2.82. The zero-order chi connectivity index (χ0) is 11.7. The lowest BCUT2D eigenvalue weighted by atomic mass is 10.2. The summed E-state index contributed by atoms with van der Waals surface area (Å²) in [5.74, 6) is -1.23. The molecule has 16 heavy (non-hydrogen) atoms. The summed E-state index contributed by atoms with van der Waals surface area (Å²) < 4.78 is 32.4. The van der Waals surface area contributed by atoms with Crippen LogP contribution in [-0.2, 0) is 0 Å². The van der Waals surface area contributed by atoms with Crippen molar-refractivity contribution in [3.8, 4) is 6.08 Å². The molecule has 0 spiro atoms. The molecule has 7 heteroatoms. The number of aromatic carboxylic acids is 1. The number of benzene rings is 1. The number of para-hydroxylation sites is 1. The van der Waals surface area contributed by atoms with Crippen molar-refractivity contribution < 1.29 is 27.8 Å². The maximum atomic E-state index is 11.9. The van der Waals surface area contributed by atoms with Gasteiger partial charge in [0.1, 0.15) is 11.1 Å². The second-order valence-electron chi connectivity index (χ2n) is 2.82. The fraction of sp³-hybridized carbons (Fsp3) is 0.111. The number of fused-ring (bicyclic) bond motifs is 1. The van der Waals surface area contributed by atoms with Gasteiger partial charge in [-0.1, -0.05) is 6.07 Å². The van der Waals surface area contributed by atoms with E-state index in [2.05, 4.69) is 9.72 Å². The molecular weight excluding hydrogens is 224 g/mol. The zero-order valence-corrected chi connectivity index (χ0v) is 7.68. The minimum Gasteiger partial charge on any atom is -0.478 e. The number of halogens is 2. The Balaban J connectivity index is 2.52. The average Bonchev–Trinajstić information content (AvgIpc) is 2.57. The van der Waals surface area contributed by atoms with Crippen molar-refractivity contribution in [1.29, 1.82) is 0 Å². The summed E-state index contributed by atoms with van der Waals surface area (Å²) in [5, 5.41) is 8.80. The van der Waals surface area contributed by atoms with Crippen LogP contribution in [0.4, 0.5) is 8.78 Å². The summed E-state index contributed by atoms with van der Waals surface area (Å²) in [6.07, 6.45) is -0.654. The van der Waals surface area contributed by atoms with Gasteiger partial charge in [-0.15, -0.1) is 0 Å². The molecular formula is C9H5F2NO4. The Kier molecular flexibility index (Phi) is 2.43. The molecule has 0 aliphatic carbocycles. The second kappa shape index (κ2) is 3.76. The van der Waals surface area contributed by atoms with Gasteiger partial charge >= 0.3 is 18.7 Å². The average molecular weight is 229 g/mol. The smallest absolute Gasteiger partial charge is 0.399 e. The SMILES string of the molecule is O=C(O)c1cccc2nc(OC(F)F)oc12. The molecule has 0 atom stereocenters. The number of oxazole rings is 1. The number of hydrogen-bond acceptors (Lipinski definition) is 4. The van der Waals surface area contributed by atoms with Gasteiger partial charge < -0.3 is 14.3 Å². The Bertz CT molecular complexity index is 537. The number of carbonyl (C=O) groups is 1. The molecule has 1 heterocycles. The third-order valence-corrected chi connectivity index (χ3v) is 1.82. The van der Waals surface area contributed by atoms with Crippen molar-refractivity contribution in [2.75, 3.05) is 0 Å². The van der Waals surface area contributed by atoms with Gasteiger partial charge in [0.15, 0.2) is 5.58 Å². The first kappa shape index (κ1) is 10.3. The Morgan fingerprint density at radius 2 is 2.25 bits per heavy atom. The van der Waals surface area contributed by atoms with Gasteiger partial charge in [-0.3, -0.25) is 0 Å². The number of carboxylic acid groups (broad SMARTS) is 1. The summed E-state index contributed by atoms with van der Waals surface area (Å²) in [4.78, 5) is 14.3. The number of alkyl halides is 2. The van der Waals surface area contributed by atoms with Crippen molar-refractivity contribution in [2.24, 2.45) is 0 Å². The van der Waals surface area contributed by atoms with Crippen LogP contribution in [0.15, 0.2) is 22.6 Å². The number of hydrogen-bond donors (Lipinski definition) is 1. The van der Waals surface area contributed by atoms with E-state index >= 15 is 0 Å². The van der Waals surface area contributed by atoms with E-state index in [4.69, 9.17) is 9.52 Å². The van der Waals surface area contributed by atoms with Crippen LogP contribution in [0.1, 0.15) is 10.4 Å². The summed E-state index contributed by atoms with van der Waals surface area (Å²) in [5.41, 5.74) is -0.102. The fourth-order valence-corrected chi connectivity index (χ4v) is 1.22. The van der Waals surface area contributed by atoms with Crippen molar-refractivity contribution in [1.82, 2.24) is 4.98 Å². The summed E-state index contributed by atoms with van der Waals surface area (Å²) in [6.45, 7) is -3.07. The molecule has 0 radical (unpaired) electrons. The highest BCUT2D eigenvalue weighted by Gasteiger charge is 2.17. The minimum absolute atomic E-state index is 0.0920. The number of aromatic nitrogens is 1. The van der Waals surface area contributed by atoms with Crippen LogP contribution < -0.4 is 4.74 Å². The third kappa shape index (κ3) is 1.79. The lowest BCUT2D eigenvalue weighted by molar-refractivity contribution is -0.0664. The highest BCUT2D eigenvalue weighted by Crippen LogP contribution is 2.24. The van der Waals surface area contributed by atoms with E-state index in [1.54, 1.807) is 0 Å². The van der Waals surface area contributed by atoms with Crippen molar-refractivity contribution in [2.45, 2.75) is 6.61 Å². The van der Waals surface area contributed by atoms with E-state index < -0.39 is 18.7 Å². The largest absolute Gasteiger partial charge is 0.478 e. The van der Waals surface area contributed by atoms with Gasteiger partial charge in [-0.2, -0.15) is 13.8 Å². The normalized spacial score (nSPS) is 10.9. The predicted molar refractivity (Wildman–Crippen MR) is 47.6 cm³/mol. The van der Waals surface area contributed by atoms with Crippen LogP contribution in [-0.4, -0.2) is 22.7 Å². The molecule has 0 amide bonds. The molecule has 0 fully saturated rings. The molecule has 2 rings (SSSR count). The topological polar surface area (TPSA) is 72.6 Å². The first-order valence-corrected chi connectivity index (χ1v) is 4.15. The molecule has 1 N–H and O–H groups in total. The first-order chi connectivity index (χ1) is 7.58. The van der Waals surface area contributed by atoms with Crippen LogP contribution in [0.3, 0.4) is 0 Å². The van der Waals surface area contributed by atoms with Crippen molar-refractivity contribution in [3.05, 3.63) is 23.8 Å². The lowest BCUT2D eigenvalue weighted by Gasteiger charge is -1.95. The number of rotatable bonds is 3. The third-order valence-electron chi connectivity index (χ3n) is 1.82. The van der Waals surface area contributed by atoms with Crippen LogP contribution in [0.5, 0.6) is 6.08 Å². The minimum atomic E-state index is -3.07. The summed E-state index contributed by atoms with van der Waals surface area (Å²) >= 11 is 0. The highest BCUT2D eigenvalue weighted by atomic mass is 19.3. The maximum absolute atomic E-state index is 11.9. The molecule has 0 bridgehead atoms. The Morgan fingerprint density at radius 3 is 2.88 bits per heavy atom. The number of nitrogens with zero attached hydrogens (tertiary/aromatic N) is 1. The first-order valence-electron chi connectivity index (χ1n) is 4.15. The summed E-state index contributed by atoms with van der Waals surface area (Å²) in [7, 11) is 0. The van der Waals surface area contributed by atoms with Crippen molar-refractivity contribution >= 4 is 17.1 Å². The van der Waals surface area contributed by atoms with E-state index in [0.717, 1.165) is 0 Å². The predicted octanol–water partition coefficient (Wildman–Crippen LogP) is 2.13. The summed E-state index contributed by atoms with van der Waals surface area (Å²) in [6, 6.07) is 4.14. The molecule has 84 valence electrons. The molecule has 0 unspecified atom stereocenters. The molecule has 0 saturated heterocycles. The molecule has 1 aromatic heterocycles. The molecule has 0 aliphatic heterocycles. The molecule has 0 saturated carbocycles. The van der Waals surface area contributed by atoms with E-state index in [9.17, 15) is 13.6 Å². The zero-order valence-electron chi connectivity index (χ0n) is 7.68. The Hall–Kier alpha value is -2.18. The molecule has 5 nitrogen and oxygen atoms in total. The monoisotopic (exact) mass is 229 g/mol. The van der Waals surface area contributed by atoms with Gasteiger partial charge in [0.2, 0.25) is 0 Å². The van der Waals surface area contributed by atoms with E-state index in [0.29, 0.717) is 0 Å². The van der Waals surface area contributed by atoms with E-state index in [1.165, 1.54) is 18.2 Å². The molecule has 0 aliphatic rings. The quantitative estimate of drug-likeness (QED) is 0.872. The van der Waals surface area contributed by atoms with E-state index in [-0.39, 0.29) is 16.7 Å². The Morgan fingerprint density at radius 1 is 1.50 bits per heavy atom.